The maximum Gasteiger partial charge on any atom is 0.134 e. The number of aromatic nitrogens is 2. The van der Waals surface area contributed by atoms with E-state index in [0.717, 1.165) is 49.4 Å². The van der Waals surface area contributed by atoms with E-state index in [-0.39, 0.29) is 0 Å². The standard InChI is InChI=1S/C14H24N4/c1-4-8-15-13-9-14(17-11(3)16-13)18(5-2)10-12-6-7-12/h9,12H,4-8,10H2,1-3H3,(H,15,16,17). The predicted octanol–water partition coefficient (Wildman–Crippen LogP) is 2.84. The Morgan fingerprint density at radius 3 is 2.72 bits per heavy atom. The van der Waals surface area contributed by atoms with Gasteiger partial charge in [0.05, 0.1) is 0 Å². The van der Waals surface area contributed by atoms with Crippen molar-refractivity contribution in [1.82, 2.24) is 9.97 Å². The summed E-state index contributed by atoms with van der Waals surface area (Å²) in [5.74, 6) is 3.75. The van der Waals surface area contributed by atoms with Gasteiger partial charge in [0.1, 0.15) is 17.5 Å². The highest BCUT2D eigenvalue weighted by Crippen LogP contribution is 2.31. The maximum atomic E-state index is 4.57. The summed E-state index contributed by atoms with van der Waals surface area (Å²) < 4.78 is 0. The molecule has 1 aromatic heterocycles. The fraction of sp³-hybridized carbons (Fsp3) is 0.714. The Bertz CT molecular complexity index is 387. The molecule has 0 atom stereocenters. The van der Waals surface area contributed by atoms with Gasteiger partial charge in [0, 0.05) is 25.7 Å². The predicted molar refractivity (Wildman–Crippen MR) is 76.2 cm³/mol. The van der Waals surface area contributed by atoms with E-state index >= 15 is 0 Å². The first kappa shape index (κ1) is 13.1. The molecular weight excluding hydrogens is 224 g/mol. The molecule has 0 aromatic carbocycles. The zero-order valence-corrected chi connectivity index (χ0v) is 11.7. The van der Waals surface area contributed by atoms with Gasteiger partial charge in [-0.2, -0.15) is 0 Å². The average Bonchev–Trinajstić information content (AvgIpc) is 3.16. The Hall–Kier alpha value is -1.32. The summed E-state index contributed by atoms with van der Waals surface area (Å²) >= 11 is 0. The minimum atomic E-state index is 0.848. The Morgan fingerprint density at radius 1 is 1.33 bits per heavy atom. The second-order valence-electron chi connectivity index (χ2n) is 5.07. The van der Waals surface area contributed by atoms with Crippen molar-refractivity contribution in [2.24, 2.45) is 5.92 Å². The molecule has 0 spiro atoms. The zero-order valence-electron chi connectivity index (χ0n) is 11.7. The molecule has 0 aliphatic heterocycles. The van der Waals surface area contributed by atoms with E-state index < -0.39 is 0 Å². The smallest absolute Gasteiger partial charge is 0.134 e. The van der Waals surface area contributed by atoms with Gasteiger partial charge in [0.25, 0.3) is 0 Å². The molecule has 0 saturated heterocycles. The Morgan fingerprint density at radius 2 is 2.11 bits per heavy atom. The molecule has 0 amide bonds. The van der Waals surface area contributed by atoms with Crippen LogP contribution in [0.4, 0.5) is 11.6 Å². The Balaban J connectivity index is 2.10. The molecule has 1 saturated carbocycles. The molecule has 1 heterocycles. The lowest BCUT2D eigenvalue weighted by Crippen LogP contribution is -2.26. The first-order valence-corrected chi connectivity index (χ1v) is 7.07. The molecule has 4 nitrogen and oxygen atoms in total. The molecule has 0 bridgehead atoms. The van der Waals surface area contributed by atoms with Crippen LogP contribution in [-0.2, 0) is 0 Å². The summed E-state index contributed by atoms with van der Waals surface area (Å²) in [6.07, 6.45) is 3.86. The fourth-order valence-electron chi connectivity index (χ4n) is 2.05. The summed E-state index contributed by atoms with van der Waals surface area (Å²) in [6, 6.07) is 2.08. The minimum Gasteiger partial charge on any atom is -0.370 e. The average molecular weight is 248 g/mol. The highest BCUT2D eigenvalue weighted by atomic mass is 15.2. The van der Waals surface area contributed by atoms with Gasteiger partial charge in [0.15, 0.2) is 0 Å². The van der Waals surface area contributed by atoms with E-state index in [2.05, 4.69) is 40.1 Å². The van der Waals surface area contributed by atoms with Crippen molar-refractivity contribution in [3.63, 3.8) is 0 Å². The third kappa shape index (κ3) is 3.59. The van der Waals surface area contributed by atoms with E-state index in [1.165, 1.54) is 12.8 Å². The van der Waals surface area contributed by atoms with Crippen LogP contribution in [0.15, 0.2) is 6.07 Å². The van der Waals surface area contributed by atoms with Crippen LogP contribution in [-0.4, -0.2) is 29.6 Å². The minimum absolute atomic E-state index is 0.848. The van der Waals surface area contributed by atoms with Crippen LogP contribution in [0.25, 0.3) is 0 Å². The van der Waals surface area contributed by atoms with Crippen LogP contribution in [0, 0.1) is 12.8 Å². The van der Waals surface area contributed by atoms with Gasteiger partial charge in [-0.1, -0.05) is 6.92 Å². The summed E-state index contributed by atoms with van der Waals surface area (Å²) in [5.41, 5.74) is 0. The van der Waals surface area contributed by atoms with Gasteiger partial charge in [-0.25, -0.2) is 9.97 Å². The van der Waals surface area contributed by atoms with E-state index in [1.807, 2.05) is 6.92 Å². The highest BCUT2D eigenvalue weighted by Gasteiger charge is 2.24. The topological polar surface area (TPSA) is 41.0 Å². The van der Waals surface area contributed by atoms with E-state index in [0.29, 0.717) is 0 Å². The zero-order chi connectivity index (χ0) is 13.0. The number of aryl methyl sites for hydroxylation is 1. The monoisotopic (exact) mass is 248 g/mol. The molecule has 100 valence electrons. The van der Waals surface area contributed by atoms with Gasteiger partial charge >= 0.3 is 0 Å². The molecule has 4 heteroatoms. The lowest BCUT2D eigenvalue weighted by molar-refractivity contribution is 0.728. The number of hydrogen-bond acceptors (Lipinski definition) is 4. The highest BCUT2D eigenvalue weighted by molar-refractivity contribution is 5.49. The Kier molecular flexibility index (Phi) is 4.39. The Labute approximate surface area is 110 Å². The first-order valence-electron chi connectivity index (χ1n) is 7.07. The summed E-state index contributed by atoms with van der Waals surface area (Å²) in [7, 11) is 0. The summed E-state index contributed by atoms with van der Waals surface area (Å²) in [6.45, 7) is 9.43. The third-order valence-electron chi connectivity index (χ3n) is 3.26. The van der Waals surface area contributed by atoms with Crippen molar-refractivity contribution >= 4 is 11.6 Å². The maximum absolute atomic E-state index is 4.57. The van der Waals surface area contributed by atoms with Crippen molar-refractivity contribution in [3.05, 3.63) is 11.9 Å². The number of anilines is 2. The van der Waals surface area contributed by atoms with E-state index in [9.17, 15) is 0 Å². The van der Waals surface area contributed by atoms with E-state index in [1.54, 1.807) is 0 Å². The lowest BCUT2D eigenvalue weighted by Gasteiger charge is -2.22. The third-order valence-corrected chi connectivity index (χ3v) is 3.26. The molecule has 1 aliphatic carbocycles. The molecule has 1 N–H and O–H groups in total. The van der Waals surface area contributed by atoms with Gasteiger partial charge in [-0.05, 0) is 39.0 Å². The fourth-order valence-corrected chi connectivity index (χ4v) is 2.05. The largest absolute Gasteiger partial charge is 0.370 e. The van der Waals surface area contributed by atoms with Gasteiger partial charge < -0.3 is 10.2 Å². The summed E-state index contributed by atoms with van der Waals surface area (Å²) in [5, 5.41) is 3.35. The van der Waals surface area contributed by atoms with Crippen molar-refractivity contribution in [3.8, 4) is 0 Å². The van der Waals surface area contributed by atoms with Crippen LogP contribution >= 0.6 is 0 Å². The van der Waals surface area contributed by atoms with Crippen LogP contribution in [0.5, 0.6) is 0 Å². The van der Waals surface area contributed by atoms with Gasteiger partial charge in [-0.3, -0.25) is 0 Å². The van der Waals surface area contributed by atoms with Crippen LogP contribution in [0.1, 0.15) is 38.9 Å². The number of rotatable bonds is 7. The van der Waals surface area contributed by atoms with Crippen molar-refractivity contribution < 1.29 is 0 Å². The SMILES string of the molecule is CCCNc1cc(N(CC)CC2CC2)nc(C)n1. The molecule has 18 heavy (non-hydrogen) atoms. The first-order chi connectivity index (χ1) is 8.72. The number of hydrogen-bond donors (Lipinski definition) is 1. The van der Waals surface area contributed by atoms with Crippen LogP contribution in [0.2, 0.25) is 0 Å². The second-order valence-corrected chi connectivity index (χ2v) is 5.07. The molecule has 1 fully saturated rings. The molecule has 0 radical (unpaired) electrons. The quantitative estimate of drug-likeness (QED) is 0.805. The summed E-state index contributed by atoms with van der Waals surface area (Å²) in [4.78, 5) is 11.4. The van der Waals surface area contributed by atoms with Crippen molar-refractivity contribution in [1.29, 1.82) is 0 Å². The normalized spacial score (nSPS) is 14.6. The lowest BCUT2D eigenvalue weighted by atomic mass is 10.3. The van der Waals surface area contributed by atoms with Crippen LogP contribution in [0.3, 0.4) is 0 Å². The van der Waals surface area contributed by atoms with Gasteiger partial charge in [0.2, 0.25) is 0 Å². The van der Waals surface area contributed by atoms with Crippen molar-refractivity contribution in [2.45, 2.75) is 40.0 Å². The molecule has 0 unspecified atom stereocenters. The van der Waals surface area contributed by atoms with E-state index in [4.69, 9.17) is 0 Å². The molecule has 2 rings (SSSR count). The number of nitrogens with one attached hydrogen (secondary N) is 1. The molecule has 1 aromatic rings. The van der Waals surface area contributed by atoms with Crippen molar-refractivity contribution in [2.75, 3.05) is 29.9 Å². The molecule has 1 aliphatic rings. The van der Waals surface area contributed by atoms with Gasteiger partial charge in [-0.15, -0.1) is 0 Å². The molecular formula is C14H24N4. The van der Waals surface area contributed by atoms with Crippen LogP contribution < -0.4 is 10.2 Å². The number of nitrogens with zero attached hydrogens (tertiary/aromatic N) is 3. The second kappa shape index (κ2) is 6.03.